The maximum absolute atomic E-state index is 11.9. The van der Waals surface area contributed by atoms with E-state index < -0.39 is 0 Å². The van der Waals surface area contributed by atoms with E-state index in [1.54, 1.807) is 14.0 Å². The highest BCUT2D eigenvalue weighted by atomic mass is 16.5. The lowest BCUT2D eigenvalue weighted by Crippen LogP contribution is -2.13. The molecule has 5 nitrogen and oxygen atoms in total. The zero-order chi connectivity index (χ0) is 19.9. The van der Waals surface area contributed by atoms with Gasteiger partial charge in [0, 0.05) is 6.92 Å². The zero-order valence-corrected chi connectivity index (χ0v) is 16.5. The van der Waals surface area contributed by atoms with Gasteiger partial charge in [-0.1, -0.05) is 49.0 Å². The molecule has 0 spiro atoms. The molecule has 0 saturated carbocycles. The summed E-state index contributed by atoms with van der Waals surface area (Å²) in [5.74, 6) is 0.854. The van der Waals surface area contributed by atoms with Crippen LogP contribution in [0.1, 0.15) is 18.1 Å². The third-order valence-corrected chi connectivity index (χ3v) is 4.83. The van der Waals surface area contributed by atoms with Crippen LogP contribution < -0.4 is 4.74 Å². The summed E-state index contributed by atoms with van der Waals surface area (Å²) in [6, 6.07) is 17.8. The smallest absolute Gasteiger partial charge is 0.220 e. The average Bonchev–Trinajstić information content (AvgIpc) is 3.44. The topological polar surface area (TPSA) is 47.8 Å². The Kier molecular flexibility index (Phi) is 6.85. The van der Waals surface area contributed by atoms with Crippen molar-refractivity contribution >= 4 is 5.91 Å². The van der Waals surface area contributed by atoms with Gasteiger partial charge in [0.1, 0.15) is 5.75 Å². The van der Waals surface area contributed by atoms with Crippen molar-refractivity contribution in [3.05, 3.63) is 77.9 Å². The Hall–Kier alpha value is -2.63. The van der Waals surface area contributed by atoms with E-state index in [9.17, 15) is 4.79 Å². The van der Waals surface area contributed by atoms with Crippen LogP contribution in [-0.4, -0.2) is 43.2 Å². The third kappa shape index (κ3) is 5.21. The fourth-order valence-corrected chi connectivity index (χ4v) is 3.33. The number of carbonyl (C=O) groups excluding carboxylic acids is 1. The number of amides is 1. The van der Waals surface area contributed by atoms with Gasteiger partial charge in [-0.25, -0.2) is 0 Å². The van der Waals surface area contributed by atoms with Crippen molar-refractivity contribution in [3.8, 4) is 5.75 Å². The van der Waals surface area contributed by atoms with Crippen molar-refractivity contribution in [2.45, 2.75) is 32.2 Å². The molecule has 1 heterocycles. The van der Waals surface area contributed by atoms with Gasteiger partial charge >= 0.3 is 0 Å². The maximum Gasteiger partial charge on any atom is 0.220 e. The molecule has 5 heteroatoms. The first-order valence-electron chi connectivity index (χ1n) is 9.39. The number of ether oxygens (including phenoxy) is 3. The Morgan fingerprint density at radius 3 is 2.29 bits per heavy atom. The summed E-state index contributed by atoms with van der Waals surface area (Å²) in [7, 11) is 1.64. The van der Waals surface area contributed by atoms with Gasteiger partial charge in [0.25, 0.3) is 0 Å². The van der Waals surface area contributed by atoms with Crippen LogP contribution >= 0.6 is 0 Å². The Morgan fingerprint density at radius 2 is 1.64 bits per heavy atom. The van der Waals surface area contributed by atoms with Crippen molar-refractivity contribution in [2.24, 2.45) is 0 Å². The van der Waals surface area contributed by atoms with Gasteiger partial charge in [0.15, 0.2) is 0 Å². The first kappa shape index (κ1) is 20.1. The minimum Gasteiger partial charge on any atom is -0.497 e. The molecule has 28 heavy (non-hydrogen) atoms. The van der Waals surface area contributed by atoms with Crippen LogP contribution in [0.4, 0.5) is 0 Å². The van der Waals surface area contributed by atoms with Crippen molar-refractivity contribution in [1.82, 2.24) is 4.90 Å². The van der Waals surface area contributed by atoms with E-state index >= 15 is 0 Å². The molecular weight excluding hydrogens is 354 g/mol. The number of hydrogen-bond acceptors (Lipinski definition) is 4. The Balaban J connectivity index is 1.44. The first-order chi connectivity index (χ1) is 13.6. The van der Waals surface area contributed by atoms with Crippen molar-refractivity contribution < 1.29 is 19.0 Å². The van der Waals surface area contributed by atoms with E-state index in [1.807, 2.05) is 59.5 Å². The van der Waals surface area contributed by atoms with E-state index in [-0.39, 0.29) is 18.0 Å². The molecule has 1 aliphatic rings. The Bertz CT molecular complexity index is 788. The zero-order valence-electron chi connectivity index (χ0n) is 16.5. The molecule has 0 aliphatic carbocycles. The first-order valence-corrected chi connectivity index (χ1v) is 9.39. The standard InChI is InChI=1S/C23H27NO4/c1-17(13-27-14-19-7-5-4-6-8-19)23-22(24(23)18(2)25)16-28-15-20-9-11-21(26-3)12-10-20/h4-12,22-23H,1,13-16H2,2-3H3/t22-,23+,24?/m1/s1. The van der Waals surface area contributed by atoms with E-state index in [4.69, 9.17) is 14.2 Å². The predicted octanol–water partition coefficient (Wildman–Crippen LogP) is 3.58. The highest BCUT2D eigenvalue weighted by Gasteiger charge is 2.50. The number of nitrogens with zero attached hydrogens (tertiary/aromatic N) is 1. The lowest BCUT2D eigenvalue weighted by Gasteiger charge is -2.07. The van der Waals surface area contributed by atoms with E-state index in [1.165, 1.54) is 0 Å². The highest BCUT2D eigenvalue weighted by molar-refractivity contribution is 5.78. The van der Waals surface area contributed by atoms with Crippen LogP contribution in [0.2, 0.25) is 0 Å². The van der Waals surface area contributed by atoms with Crippen molar-refractivity contribution in [2.75, 3.05) is 20.3 Å². The van der Waals surface area contributed by atoms with Crippen LogP contribution in [0.15, 0.2) is 66.7 Å². The summed E-state index contributed by atoms with van der Waals surface area (Å²) in [6.45, 7) is 7.64. The Morgan fingerprint density at radius 1 is 1.00 bits per heavy atom. The molecule has 148 valence electrons. The normalized spacial score (nSPS) is 18.0. The van der Waals surface area contributed by atoms with Crippen LogP contribution in [-0.2, 0) is 27.5 Å². The summed E-state index contributed by atoms with van der Waals surface area (Å²) in [5, 5.41) is 0. The molecule has 2 aromatic carbocycles. The molecule has 2 atom stereocenters. The lowest BCUT2D eigenvalue weighted by atomic mass is 10.2. The molecule has 1 aliphatic heterocycles. The van der Waals surface area contributed by atoms with Crippen LogP contribution in [0.25, 0.3) is 0 Å². The van der Waals surface area contributed by atoms with Gasteiger partial charge in [-0.15, -0.1) is 0 Å². The van der Waals surface area contributed by atoms with Crippen LogP contribution in [0, 0.1) is 0 Å². The highest BCUT2D eigenvalue weighted by Crippen LogP contribution is 2.34. The molecule has 1 saturated heterocycles. The largest absolute Gasteiger partial charge is 0.497 e. The van der Waals surface area contributed by atoms with Crippen molar-refractivity contribution in [3.63, 3.8) is 0 Å². The summed E-state index contributed by atoms with van der Waals surface area (Å²) < 4.78 is 16.8. The molecule has 1 amide bonds. The monoisotopic (exact) mass is 381 g/mol. The molecule has 1 fully saturated rings. The summed E-state index contributed by atoms with van der Waals surface area (Å²) in [4.78, 5) is 13.7. The van der Waals surface area contributed by atoms with Gasteiger partial charge in [-0.2, -0.15) is 0 Å². The summed E-state index contributed by atoms with van der Waals surface area (Å²) in [6.07, 6.45) is 0. The molecule has 0 radical (unpaired) electrons. The molecule has 0 N–H and O–H groups in total. The minimum atomic E-state index is -0.0101. The fourth-order valence-electron chi connectivity index (χ4n) is 3.33. The van der Waals surface area contributed by atoms with Crippen LogP contribution in [0.3, 0.4) is 0 Å². The van der Waals surface area contributed by atoms with Gasteiger partial charge in [-0.3, -0.25) is 4.79 Å². The minimum absolute atomic E-state index is 0.0101. The quantitative estimate of drug-likeness (QED) is 0.466. The summed E-state index contributed by atoms with van der Waals surface area (Å²) in [5.41, 5.74) is 3.09. The maximum atomic E-state index is 11.9. The van der Waals surface area contributed by atoms with Gasteiger partial charge in [0.05, 0.1) is 45.6 Å². The second-order valence-electron chi connectivity index (χ2n) is 6.94. The predicted molar refractivity (Wildman–Crippen MR) is 108 cm³/mol. The van der Waals surface area contributed by atoms with Gasteiger partial charge < -0.3 is 19.1 Å². The van der Waals surface area contributed by atoms with Crippen molar-refractivity contribution in [1.29, 1.82) is 0 Å². The lowest BCUT2D eigenvalue weighted by molar-refractivity contribution is -0.124. The fraction of sp³-hybridized carbons (Fsp3) is 0.348. The molecular formula is C23H27NO4. The summed E-state index contributed by atoms with van der Waals surface area (Å²) >= 11 is 0. The molecule has 2 aromatic rings. The van der Waals surface area contributed by atoms with E-state index in [0.29, 0.717) is 26.4 Å². The second-order valence-corrected chi connectivity index (χ2v) is 6.94. The van der Waals surface area contributed by atoms with Gasteiger partial charge in [0.2, 0.25) is 5.91 Å². The third-order valence-electron chi connectivity index (χ3n) is 4.83. The second kappa shape index (κ2) is 9.53. The number of rotatable bonds is 10. The van der Waals surface area contributed by atoms with E-state index in [0.717, 1.165) is 22.4 Å². The Labute approximate surface area is 166 Å². The number of carbonyl (C=O) groups is 1. The molecule has 3 rings (SSSR count). The molecule has 0 unspecified atom stereocenters. The van der Waals surface area contributed by atoms with Crippen LogP contribution in [0.5, 0.6) is 5.75 Å². The number of benzene rings is 2. The number of hydrogen-bond donors (Lipinski definition) is 0. The SMILES string of the molecule is C=C(COCc1ccccc1)[C@H]1[C@@H](COCc2ccc(OC)cc2)N1C(C)=O. The number of methoxy groups -OCH3 is 1. The average molecular weight is 381 g/mol. The molecule has 0 aromatic heterocycles. The van der Waals surface area contributed by atoms with E-state index in [2.05, 4.69) is 6.58 Å². The molecule has 0 bridgehead atoms. The van der Waals surface area contributed by atoms with Gasteiger partial charge in [-0.05, 0) is 28.8 Å².